The fraction of sp³-hybridized carbons (Fsp3) is 0.588. The number of nitrogens with zero attached hydrogens (tertiary/aromatic N) is 1. The third kappa shape index (κ3) is 3.19. The van der Waals surface area contributed by atoms with Crippen LogP contribution >= 0.6 is 0 Å². The molecule has 2 aliphatic heterocycles. The van der Waals surface area contributed by atoms with E-state index in [1.165, 1.54) is 0 Å². The molecule has 1 fully saturated rings. The van der Waals surface area contributed by atoms with E-state index in [0.29, 0.717) is 25.2 Å². The van der Waals surface area contributed by atoms with E-state index in [0.717, 1.165) is 43.1 Å². The lowest BCUT2D eigenvalue weighted by atomic mass is 9.93. The van der Waals surface area contributed by atoms with E-state index in [4.69, 9.17) is 9.47 Å². The van der Waals surface area contributed by atoms with Crippen molar-refractivity contribution in [3.63, 3.8) is 0 Å². The number of carbonyl (C=O) groups is 1. The summed E-state index contributed by atoms with van der Waals surface area (Å²) in [4.78, 5) is 13.4. The van der Waals surface area contributed by atoms with Crippen LogP contribution in [0.2, 0.25) is 0 Å². The van der Waals surface area contributed by atoms with Crippen LogP contribution < -0.4 is 14.8 Å². The predicted octanol–water partition coefficient (Wildman–Crippen LogP) is 1.80. The van der Waals surface area contributed by atoms with Crippen LogP contribution in [-0.2, 0) is 11.3 Å². The van der Waals surface area contributed by atoms with E-state index in [1.807, 2.05) is 17.0 Å². The predicted molar refractivity (Wildman–Crippen MR) is 84.1 cm³/mol. The Bertz CT molecular complexity index is 547. The van der Waals surface area contributed by atoms with Crippen molar-refractivity contribution in [2.45, 2.75) is 32.9 Å². The smallest absolute Gasteiger partial charge is 0.219 e. The molecule has 0 bridgehead atoms. The van der Waals surface area contributed by atoms with Crippen molar-refractivity contribution in [2.75, 3.05) is 26.3 Å². The number of piperidine rings is 1. The van der Waals surface area contributed by atoms with Crippen LogP contribution in [0.5, 0.6) is 11.5 Å². The van der Waals surface area contributed by atoms with Gasteiger partial charge in [-0.3, -0.25) is 4.79 Å². The number of para-hydroxylation sites is 1. The van der Waals surface area contributed by atoms with Crippen molar-refractivity contribution in [1.82, 2.24) is 10.2 Å². The van der Waals surface area contributed by atoms with Crippen molar-refractivity contribution in [3.05, 3.63) is 23.8 Å². The number of fused-ring (bicyclic) bond motifs is 1. The molecule has 1 amide bonds. The number of rotatable bonds is 3. The molecule has 5 heteroatoms. The second-order valence-electron chi connectivity index (χ2n) is 6.16. The van der Waals surface area contributed by atoms with Gasteiger partial charge in [-0.05, 0) is 18.4 Å². The topological polar surface area (TPSA) is 50.8 Å². The monoisotopic (exact) mass is 304 g/mol. The minimum atomic E-state index is 0.174. The van der Waals surface area contributed by atoms with Crippen LogP contribution in [0.1, 0.15) is 25.8 Å². The van der Waals surface area contributed by atoms with Gasteiger partial charge in [-0.2, -0.15) is 0 Å². The van der Waals surface area contributed by atoms with E-state index in [1.54, 1.807) is 6.92 Å². The van der Waals surface area contributed by atoms with Crippen LogP contribution in [0.25, 0.3) is 0 Å². The van der Waals surface area contributed by atoms with Crippen molar-refractivity contribution in [3.8, 4) is 11.5 Å². The Morgan fingerprint density at radius 3 is 2.95 bits per heavy atom. The SMILES string of the molecule is CC(=O)N1CC[C@@H](NCc2cccc3c2OCCO3)[C@H](C)C1. The zero-order chi connectivity index (χ0) is 15.5. The summed E-state index contributed by atoms with van der Waals surface area (Å²) in [5, 5.41) is 3.62. The van der Waals surface area contributed by atoms with Crippen molar-refractivity contribution >= 4 is 5.91 Å². The number of likely N-dealkylation sites (tertiary alicyclic amines) is 1. The number of carbonyl (C=O) groups excluding carboxylic acids is 1. The highest BCUT2D eigenvalue weighted by atomic mass is 16.6. The number of nitrogens with one attached hydrogen (secondary N) is 1. The zero-order valence-corrected chi connectivity index (χ0v) is 13.3. The highest BCUT2D eigenvalue weighted by Gasteiger charge is 2.27. The van der Waals surface area contributed by atoms with Gasteiger partial charge in [-0.1, -0.05) is 19.1 Å². The minimum absolute atomic E-state index is 0.174. The maximum atomic E-state index is 11.5. The van der Waals surface area contributed by atoms with Crippen LogP contribution in [0.3, 0.4) is 0 Å². The van der Waals surface area contributed by atoms with Gasteiger partial charge in [0.15, 0.2) is 11.5 Å². The molecule has 2 aliphatic rings. The molecule has 2 atom stereocenters. The third-order valence-electron chi connectivity index (χ3n) is 4.55. The first-order valence-electron chi connectivity index (χ1n) is 8.01. The van der Waals surface area contributed by atoms with Gasteiger partial charge in [0, 0.05) is 38.2 Å². The summed E-state index contributed by atoms with van der Waals surface area (Å²) >= 11 is 0. The van der Waals surface area contributed by atoms with E-state index in [-0.39, 0.29) is 5.91 Å². The normalized spacial score (nSPS) is 24.2. The highest BCUT2D eigenvalue weighted by Crippen LogP contribution is 2.33. The summed E-state index contributed by atoms with van der Waals surface area (Å²) in [6.07, 6.45) is 0.993. The molecule has 3 rings (SSSR count). The first kappa shape index (κ1) is 15.2. The molecular formula is C17H24N2O3. The molecule has 1 aromatic carbocycles. The molecule has 1 N–H and O–H groups in total. The van der Waals surface area contributed by atoms with Crippen LogP contribution in [0.4, 0.5) is 0 Å². The van der Waals surface area contributed by atoms with E-state index in [2.05, 4.69) is 18.3 Å². The molecule has 0 aromatic heterocycles. The molecule has 0 saturated carbocycles. The van der Waals surface area contributed by atoms with Crippen LogP contribution in [0.15, 0.2) is 18.2 Å². The van der Waals surface area contributed by atoms with E-state index in [9.17, 15) is 4.79 Å². The molecule has 0 aliphatic carbocycles. The Morgan fingerprint density at radius 2 is 2.18 bits per heavy atom. The largest absolute Gasteiger partial charge is 0.486 e. The Hall–Kier alpha value is -1.75. The number of hydrogen-bond acceptors (Lipinski definition) is 4. The van der Waals surface area contributed by atoms with E-state index < -0.39 is 0 Å². The van der Waals surface area contributed by atoms with Gasteiger partial charge in [0.1, 0.15) is 13.2 Å². The summed E-state index contributed by atoms with van der Waals surface area (Å²) in [6, 6.07) is 6.46. The maximum absolute atomic E-state index is 11.5. The molecule has 5 nitrogen and oxygen atoms in total. The number of hydrogen-bond donors (Lipinski definition) is 1. The number of amides is 1. The molecule has 2 heterocycles. The fourth-order valence-electron chi connectivity index (χ4n) is 3.25. The van der Waals surface area contributed by atoms with Crippen LogP contribution in [0, 0.1) is 5.92 Å². The molecule has 1 saturated heterocycles. The number of benzene rings is 1. The Labute approximate surface area is 131 Å². The highest BCUT2D eigenvalue weighted by molar-refractivity contribution is 5.73. The fourth-order valence-corrected chi connectivity index (χ4v) is 3.25. The van der Waals surface area contributed by atoms with Crippen molar-refractivity contribution < 1.29 is 14.3 Å². The molecule has 0 unspecified atom stereocenters. The average Bonchev–Trinajstić information content (AvgIpc) is 2.53. The van der Waals surface area contributed by atoms with Crippen LogP contribution in [-0.4, -0.2) is 43.2 Å². The molecular weight excluding hydrogens is 280 g/mol. The average molecular weight is 304 g/mol. The molecule has 0 radical (unpaired) electrons. The van der Waals surface area contributed by atoms with Gasteiger partial charge in [-0.15, -0.1) is 0 Å². The number of ether oxygens (including phenoxy) is 2. The second-order valence-corrected chi connectivity index (χ2v) is 6.16. The zero-order valence-electron chi connectivity index (χ0n) is 13.3. The minimum Gasteiger partial charge on any atom is -0.486 e. The Balaban J connectivity index is 1.60. The van der Waals surface area contributed by atoms with Gasteiger partial charge in [0.2, 0.25) is 5.91 Å². The summed E-state index contributed by atoms with van der Waals surface area (Å²) in [5.41, 5.74) is 1.14. The van der Waals surface area contributed by atoms with Gasteiger partial charge in [-0.25, -0.2) is 0 Å². The summed E-state index contributed by atoms with van der Waals surface area (Å²) < 4.78 is 11.4. The first-order chi connectivity index (χ1) is 10.6. The molecule has 120 valence electrons. The standard InChI is InChI=1S/C17H24N2O3/c1-12-11-19(13(2)20)7-6-15(12)18-10-14-4-3-5-16-17(14)22-9-8-21-16/h3-5,12,15,18H,6-11H2,1-2H3/t12-,15-/m1/s1. The lowest BCUT2D eigenvalue weighted by Gasteiger charge is -2.37. The summed E-state index contributed by atoms with van der Waals surface area (Å²) in [6.45, 7) is 7.51. The Morgan fingerprint density at radius 1 is 1.36 bits per heavy atom. The molecule has 22 heavy (non-hydrogen) atoms. The maximum Gasteiger partial charge on any atom is 0.219 e. The quantitative estimate of drug-likeness (QED) is 0.925. The Kier molecular flexibility index (Phi) is 4.52. The summed E-state index contributed by atoms with van der Waals surface area (Å²) in [7, 11) is 0. The van der Waals surface area contributed by atoms with Crippen molar-refractivity contribution in [1.29, 1.82) is 0 Å². The van der Waals surface area contributed by atoms with E-state index >= 15 is 0 Å². The lowest BCUT2D eigenvalue weighted by molar-refractivity contribution is -0.130. The lowest BCUT2D eigenvalue weighted by Crippen LogP contribution is -2.49. The van der Waals surface area contributed by atoms with Crippen molar-refractivity contribution in [2.24, 2.45) is 5.92 Å². The van der Waals surface area contributed by atoms with Gasteiger partial charge >= 0.3 is 0 Å². The summed E-state index contributed by atoms with van der Waals surface area (Å²) in [5.74, 6) is 2.34. The van der Waals surface area contributed by atoms with Gasteiger partial charge in [0.25, 0.3) is 0 Å². The first-order valence-corrected chi connectivity index (χ1v) is 8.01. The van der Waals surface area contributed by atoms with Gasteiger partial charge in [0.05, 0.1) is 0 Å². The van der Waals surface area contributed by atoms with Gasteiger partial charge < -0.3 is 19.7 Å². The second kappa shape index (κ2) is 6.57. The molecule has 1 aromatic rings. The molecule has 0 spiro atoms. The third-order valence-corrected chi connectivity index (χ3v) is 4.55.